The summed E-state index contributed by atoms with van der Waals surface area (Å²) in [4.78, 5) is 19.5. The van der Waals surface area contributed by atoms with Crippen molar-refractivity contribution in [2.24, 2.45) is 0 Å². The molecule has 5 aromatic rings. The molecule has 0 amide bonds. The molecule has 0 aliphatic rings. The predicted octanol–water partition coefficient (Wildman–Crippen LogP) is 7.75. The fourth-order valence-corrected chi connectivity index (χ4v) is 4.99. The first kappa shape index (κ1) is 27.0. The summed E-state index contributed by atoms with van der Waals surface area (Å²) in [6.45, 7) is 2.88. The molecule has 6 nitrogen and oxygen atoms in total. The van der Waals surface area contributed by atoms with E-state index in [4.69, 9.17) is 21.3 Å². The minimum Gasteiger partial charge on any atom is -0.453 e. The van der Waals surface area contributed by atoms with E-state index in [2.05, 4.69) is 17.1 Å². The number of fused-ring (bicyclic) bond motifs is 6. The fraction of sp³-hybridized carbons (Fsp3) is 0.200. The third-order valence-corrected chi connectivity index (χ3v) is 6.98. The number of halogens is 4. The van der Waals surface area contributed by atoms with Crippen LogP contribution in [0.5, 0.6) is 0 Å². The lowest BCUT2D eigenvalue weighted by Gasteiger charge is -2.25. The average Bonchev–Trinajstić information content (AvgIpc) is 3.36. The Kier molecular flexibility index (Phi) is 6.65. The van der Waals surface area contributed by atoms with Gasteiger partial charge in [-0.2, -0.15) is 23.7 Å². The number of hydrogen-bond donors (Lipinski definition) is 1. The van der Waals surface area contributed by atoms with Crippen LogP contribution in [0.15, 0.2) is 54.6 Å². The van der Waals surface area contributed by atoms with Gasteiger partial charge in [0, 0.05) is 15.8 Å². The van der Waals surface area contributed by atoms with Crippen molar-refractivity contribution in [3.05, 3.63) is 76.3 Å². The fourth-order valence-electron chi connectivity index (χ4n) is 4.81. The maximum atomic E-state index is 12.7. The number of aromatic nitrogens is 2. The molecule has 10 heteroatoms. The molecule has 5 rings (SSSR count). The maximum Gasteiger partial charge on any atom is 0.490 e. The topological polar surface area (TPSA) is 103 Å². The molecule has 40 heavy (non-hydrogen) atoms. The van der Waals surface area contributed by atoms with Crippen molar-refractivity contribution in [1.29, 1.82) is 10.5 Å². The summed E-state index contributed by atoms with van der Waals surface area (Å²) in [5.41, 5.74) is 1.86. The van der Waals surface area contributed by atoms with Crippen molar-refractivity contribution in [3.63, 3.8) is 0 Å². The molecule has 0 unspecified atom stereocenters. The van der Waals surface area contributed by atoms with Gasteiger partial charge in [0.05, 0.1) is 39.9 Å². The van der Waals surface area contributed by atoms with E-state index in [0.29, 0.717) is 45.0 Å². The zero-order chi connectivity index (χ0) is 28.8. The van der Waals surface area contributed by atoms with Gasteiger partial charge in [0.2, 0.25) is 0 Å². The highest BCUT2D eigenvalue weighted by Gasteiger charge is 2.43. The number of H-pyrrole nitrogens is 1. The Labute approximate surface area is 231 Å². The molecule has 0 fully saturated rings. The standard InChI is InChI=1S/C30H20ClF3N4O2/c1-29(2,40-28(39)30(32,33)34)11-10-16-6-8-20-22(12-16)23-13-19(31)7-9-21(23)26-25(20)37-27(38-26)24-17(14-35)4-3-5-18(24)15-36/h3-9,12-13H,10-11H2,1-2H3,(H,37,38). The van der Waals surface area contributed by atoms with E-state index >= 15 is 0 Å². The Morgan fingerprint density at radius 2 is 1.62 bits per heavy atom. The molecular formula is C30H20ClF3N4O2. The summed E-state index contributed by atoms with van der Waals surface area (Å²) in [7, 11) is 0. The molecule has 0 saturated heterocycles. The first-order valence-electron chi connectivity index (χ1n) is 12.2. The molecular weight excluding hydrogens is 541 g/mol. The van der Waals surface area contributed by atoms with Gasteiger partial charge in [-0.1, -0.05) is 41.9 Å². The number of benzene rings is 4. The molecule has 1 N–H and O–H groups in total. The second kappa shape index (κ2) is 9.86. The number of aromatic amines is 1. The second-order valence-electron chi connectivity index (χ2n) is 9.98. The van der Waals surface area contributed by atoms with Crippen LogP contribution in [0.4, 0.5) is 13.2 Å². The minimum atomic E-state index is -5.06. The first-order valence-corrected chi connectivity index (χ1v) is 12.6. The van der Waals surface area contributed by atoms with E-state index in [-0.39, 0.29) is 6.42 Å². The van der Waals surface area contributed by atoms with Crippen molar-refractivity contribution in [2.75, 3.05) is 0 Å². The Hall–Kier alpha value is -4.60. The van der Waals surface area contributed by atoms with Crippen LogP contribution in [0.3, 0.4) is 0 Å². The molecule has 200 valence electrons. The quantitative estimate of drug-likeness (QED) is 0.175. The van der Waals surface area contributed by atoms with Crippen LogP contribution in [-0.4, -0.2) is 27.7 Å². The summed E-state index contributed by atoms with van der Waals surface area (Å²) in [6, 6.07) is 20.2. The summed E-state index contributed by atoms with van der Waals surface area (Å²) >= 11 is 6.36. The van der Waals surface area contributed by atoms with Gasteiger partial charge in [0.25, 0.3) is 0 Å². The summed E-state index contributed by atoms with van der Waals surface area (Å²) in [5, 5.41) is 23.1. The van der Waals surface area contributed by atoms with E-state index < -0.39 is 17.7 Å². The van der Waals surface area contributed by atoms with Crippen LogP contribution in [0.25, 0.3) is 44.0 Å². The molecule has 0 bridgehead atoms. The maximum absolute atomic E-state index is 12.7. The monoisotopic (exact) mass is 560 g/mol. The number of nitrogens with zero attached hydrogens (tertiary/aromatic N) is 3. The van der Waals surface area contributed by atoms with Gasteiger partial charge in [0.15, 0.2) is 0 Å². The average molecular weight is 561 g/mol. The summed E-state index contributed by atoms with van der Waals surface area (Å²) in [5.74, 6) is -1.84. The Morgan fingerprint density at radius 3 is 2.27 bits per heavy atom. The van der Waals surface area contributed by atoms with Crippen molar-refractivity contribution < 1.29 is 22.7 Å². The van der Waals surface area contributed by atoms with Gasteiger partial charge in [-0.05, 0) is 67.3 Å². The van der Waals surface area contributed by atoms with E-state index in [1.54, 1.807) is 24.3 Å². The molecule has 0 atom stereocenters. The van der Waals surface area contributed by atoms with Crippen molar-refractivity contribution in [2.45, 2.75) is 38.5 Å². The van der Waals surface area contributed by atoms with Gasteiger partial charge in [-0.25, -0.2) is 9.78 Å². The van der Waals surface area contributed by atoms with Crippen molar-refractivity contribution >= 4 is 50.1 Å². The number of nitriles is 2. The number of imidazole rings is 1. The molecule has 0 saturated carbocycles. The molecule has 0 spiro atoms. The SMILES string of the molecule is CC(C)(CCc1ccc2c(c1)c1cc(Cl)ccc1c1nc(-c3c(C#N)cccc3C#N)[nH]c21)OC(=O)C(F)(F)F. The lowest BCUT2D eigenvalue weighted by atomic mass is 9.94. The third-order valence-electron chi connectivity index (χ3n) is 6.74. The van der Waals surface area contributed by atoms with E-state index in [9.17, 15) is 28.5 Å². The predicted molar refractivity (Wildman–Crippen MR) is 146 cm³/mol. The largest absolute Gasteiger partial charge is 0.490 e. The molecule has 0 aliphatic carbocycles. The first-order chi connectivity index (χ1) is 18.9. The number of ether oxygens (including phenoxy) is 1. The van der Waals surface area contributed by atoms with Gasteiger partial charge in [-0.3, -0.25) is 0 Å². The minimum absolute atomic E-state index is 0.164. The number of esters is 1. The second-order valence-corrected chi connectivity index (χ2v) is 10.4. The van der Waals surface area contributed by atoms with Crippen molar-refractivity contribution in [1.82, 2.24) is 9.97 Å². The number of alkyl halides is 3. The Balaban J connectivity index is 1.63. The Morgan fingerprint density at radius 1 is 0.975 bits per heavy atom. The normalized spacial score (nSPS) is 12.0. The lowest BCUT2D eigenvalue weighted by molar-refractivity contribution is -0.211. The number of nitrogens with one attached hydrogen (secondary N) is 1. The van der Waals surface area contributed by atoms with Crippen LogP contribution < -0.4 is 0 Å². The van der Waals surface area contributed by atoms with Crippen LogP contribution in [-0.2, 0) is 16.0 Å². The number of hydrogen-bond acceptors (Lipinski definition) is 5. The van der Waals surface area contributed by atoms with Crippen molar-refractivity contribution in [3.8, 4) is 23.5 Å². The summed E-state index contributed by atoms with van der Waals surface area (Å²) < 4.78 is 42.8. The molecule has 1 heterocycles. The van der Waals surface area contributed by atoms with Crippen LogP contribution in [0, 0.1) is 22.7 Å². The van der Waals surface area contributed by atoms with E-state index in [1.807, 2.05) is 30.3 Å². The molecule has 0 radical (unpaired) electrons. The Bertz CT molecular complexity index is 1880. The van der Waals surface area contributed by atoms with Crippen LogP contribution in [0.2, 0.25) is 5.02 Å². The van der Waals surface area contributed by atoms with Gasteiger partial charge < -0.3 is 9.72 Å². The number of aryl methyl sites for hydroxylation is 1. The van der Waals surface area contributed by atoms with Crippen LogP contribution in [0.1, 0.15) is 37.0 Å². The van der Waals surface area contributed by atoms with Gasteiger partial charge in [-0.15, -0.1) is 0 Å². The highest BCUT2D eigenvalue weighted by Crippen LogP contribution is 2.38. The highest BCUT2D eigenvalue weighted by atomic mass is 35.5. The summed E-state index contributed by atoms with van der Waals surface area (Å²) in [6.07, 6.45) is -4.55. The number of rotatable bonds is 5. The highest BCUT2D eigenvalue weighted by molar-refractivity contribution is 6.33. The van der Waals surface area contributed by atoms with Crippen LogP contribution >= 0.6 is 11.6 Å². The zero-order valence-electron chi connectivity index (χ0n) is 21.3. The molecule has 4 aromatic carbocycles. The lowest BCUT2D eigenvalue weighted by Crippen LogP contribution is -2.36. The number of carbonyl (C=O) groups is 1. The third kappa shape index (κ3) is 4.92. The zero-order valence-corrected chi connectivity index (χ0v) is 22.0. The smallest absolute Gasteiger partial charge is 0.453 e. The van der Waals surface area contributed by atoms with E-state index in [1.165, 1.54) is 13.8 Å². The molecule has 0 aliphatic heterocycles. The van der Waals surface area contributed by atoms with Gasteiger partial charge >= 0.3 is 12.1 Å². The number of carbonyl (C=O) groups excluding carboxylic acids is 1. The van der Waals surface area contributed by atoms with E-state index in [0.717, 1.165) is 27.1 Å². The molecule has 1 aromatic heterocycles. The van der Waals surface area contributed by atoms with Gasteiger partial charge in [0.1, 0.15) is 11.4 Å².